The SMILES string of the molecule is COc1ccc(C(=O)NNC(=O)COC(=O)C2CCCN2C(=O)c2ccco2)cc1OC. The largest absolute Gasteiger partial charge is 0.493 e. The predicted octanol–water partition coefficient (Wildman–Crippen LogP) is 0.906. The van der Waals surface area contributed by atoms with Crippen molar-refractivity contribution in [1.82, 2.24) is 15.8 Å². The topological polar surface area (TPSA) is 136 Å². The molecular weight excluding hydrogens is 422 g/mol. The maximum atomic E-state index is 12.4. The third-order valence-corrected chi connectivity index (χ3v) is 4.82. The Labute approximate surface area is 183 Å². The summed E-state index contributed by atoms with van der Waals surface area (Å²) in [6, 6.07) is 6.78. The van der Waals surface area contributed by atoms with Crippen molar-refractivity contribution < 1.29 is 37.8 Å². The van der Waals surface area contributed by atoms with Crippen LogP contribution in [0.1, 0.15) is 33.8 Å². The van der Waals surface area contributed by atoms with Gasteiger partial charge in [0.1, 0.15) is 6.04 Å². The summed E-state index contributed by atoms with van der Waals surface area (Å²) in [6.07, 6.45) is 2.42. The fourth-order valence-corrected chi connectivity index (χ4v) is 3.24. The molecule has 2 heterocycles. The highest BCUT2D eigenvalue weighted by atomic mass is 16.5. The Morgan fingerprint density at radius 3 is 2.56 bits per heavy atom. The molecule has 1 unspecified atom stereocenters. The molecule has 2 aromatic rings. The van der Waals surface area contributed by atoms with E-state index in [0.29, 0.717) is 30.9 Å². The molecule has 1 aromatic heterocycles. The Hall–Kier alpha value is -4.02. The van der Waals surface area contributed by atoms with Crippen molar-refractivity contribution in [2.75, 3.05) is 27.4 Å². The van der Waals surface area contributed by atoms with Crippen LogP contribution in [0, 0.1) is 0 Å². The summed E-state index contributed by atoms with van der Waals surface area (Å²) < 4.78 is 20.4. The minimum absolute atomic E-state index is 0.125. The smallest absolute Gasteiger partial charge is 0.329 e. The highest BCUT2D eigenvalue weighted by molar-refractivity contribution is 5.97. The Morgan fingerprint density at radius 2 is 1.88 bits per heavy atom. The average molecular weight is 445 g/mol. The summed E-state index contributed by atoms with van der Waals surface area (Å²) in [6.45, 7) is -0.239. The Morgan fingerprint density at radius 1 is 1.09 bits per heavy atom. The molecule has 2 N–H and O–H groups in total. The first-order valence-corrected chi connectivity index (χ1v) is 9.77. The van der Waals surface area contributed by atoms with E-state index in [-0.39, 0.29) is 11.3 Å². The van der Waals surface area contributed by atoms with Crippen LogP contribution in [-0.2, 0) is 14.3 Å². The van der Waals surface area contributed by atoms with E-state index in [0.717, 1.165) is 0 Å². The van der Waals surface area contributed by atoms with Crippen molar-refractivity contribution in [1.29, 1.82) is 0 Å². The molecule has 0 aliphatic carbocycles. The first kappa shape index (κ1) is 22.7. The van der Waals surface area contributed by atoms with Gasteiger partial charge in [-0.05, 0) is 43.2 Å². The molecule has 11 nitrogen and oxygen atoms in total. The van der Waals surface area contributed by atoms with Gasteiger partial charge in [-0.2, -0.15) is 0 Å². The third-order valence-electron chi connectivity index (χ3n) is 4.82. The number of hydrogen-bond acceptors (Lipinski definition) is 8. The number of nitrogens with zero attached hydrogens (tertiary/aromatic N) is 1. The van der Waals surface area contributed by atoms with Gasteiger partial charge in [0.15, 0.2) is 23.9 Å². The maximum Gasteiger partial charge on any atom is 0.329 e. The normalized spacial score (nSPS) is 15.1. The van der Waals surface area contributed by atoms with Gasteiger partial charge in [-0.15, -0.1) is 0 Å². The van der Waals surface area contributed by atoms with E-state index in [1.54, 1.807) is 12.1 Å². The van der Waals surface area contributed by atoms with Crippen molar-refractivity contribution in [3.05, 3.63) is 47.9 Å². The first-order chi connectivity index (χ1) is 15.4. The maximum absolute atomic E-state index is 12.4. The van der Waals surface area contributed by atoms with E-state index in [1.165, 1.54) is 43.6 Å². The zero-order valence-electron chi connectivity index (χ0n) is 17.6. The molecule has 0 bridgehead atoms. The minimum atomic E-state index is -0.804. The van der Waals surface area contributed by atoms with E-state index in [9.17, 15) is 19.2 Å². The molecule has 170 valence electrons. The van der Waals surface area contributed by atoms with Gasteiger partial charge in [0, 0.05) is 12.1 Å². The number of furan rings is 1. The second-order valence-corrected chi connectivity index (χ2v) is 6.81. The number of ether oxygens (including phenoxy) is 3. The molecule has 1 aromatic carbocycles. The zero-order chi connectivity index (χ0) is 23.1. The number of methoxy groups -OCH3 is 2. The van der Waals surface area contributed by atoms with Gasteiger partial charge in [0.05, 0.1) is 20.5 Å². The number of esters is 1. The first-order valence-electron chi connectivity index (χ1n) is 9.77. The van der Waals surface area contributed by atoms with Gasteiger partial charge in [-0.1, -0.05) is 0 Å². The van der Waals surface area contributed by atoms with Crippen molar-refractivity contribution >= 4 is 23.7 Å². The van der Waals surface area contributed by atoms with Crippen molar-refractivity contribution in [2.24, 2.45) is 0 Å². The fourth-order valence-electron chi connectivity index (χ4n) is 3.24. The van der Waals surface area contributed by atoms with Crippen molar-refractivity contribution in [2.45, 2.75) is 18.9 Å². The lowest BCUT2D eigenvalue weighted by Gasteiger charge is -2.22. The third kappa shape index (κ3) is 5.17. The van der Waals surface area contributed by atoms with Gasteiger partial charge in [0.2, 0.25) is 0 Å². The minimum Gasteiger partial charge on any atom is -0.493 e. The molecule has 1 aliphatic rings. The molecule has 11 heteroatoms. The summed E-state index contributed by atoms with van der Waals surface area (Å²) in [4.78, 5) is 50.4. The predicted molar refractivity (Wildman–Crippen MR) is 109 cm³/mol. The number of hydrogen-bond donors (Lipinski definition) is 2. The second kappa shape index (κ2) is 10.3. The quantitative estimate of drug-likeness (QED) is 0.474. The molecule has 32 heavy (non-hydrogen) atoms. The van der Waals surface area contributed by atoms with Crippen LogP contribution in [-0.4, -0.2) is 62.0 Å². The summed E-state index contributed by atoms with van der Waals surface area (Å²) >= 11 is 0. The van der Waals surface area contributed by atoms with Gasteiger partial charge in [-0.25, -0.2) is 4.79 Å². The van der Waals surface area contributed by atoms with Crippen LogP contribution in [0.4, 0.5) is 0 Å². The van der Waals surface area contributed by atoms with Crippen LogP contribution in [0.25, 0.3) is 0 Å². The van der Waals surface area contributed by atoms with Crippen LogP contribution in [0.2, 0.25) is 0 Å². The molecule has 0 saturated carbocycles. The monoisotopic (exact) mass is 445 g/mol. The Balaban J connectivity index is 1.47. The Kier molecular flexibility index (Phi) is 7.32. The van der Waals surface area contributed by atoms with Crippen LogP contribution < -0.4 is 20.3 Å². The van der Waals surface area contributed by atoms with Gasteiger partial charge >= 0.3 is 5.97 Å². The highest BCUT2D eigenvalue weighted by Gasteiger charge is 2.36. The van der Waals surface area contributed by atoms with E-state index >= 15 is 0 Å². The number of amides is 3. The standard InChI is InChI=1S/C21H23N3O8/c1-29-15-8-7-13(11-17(15)30-2)19(26)23-22-18(25)12-32-21(28)14-5-3-9-24(14)20(27)16-6-4-10-31-16/h4,6-8,10-11,14H,3,5,9,12H2,1-2H3,(H,22,25)(H,23,26). The summed E-state index contributed by atoms with van der Waals surface area (Å²) in [5.74, 6) is -1.53. The number of carbonyl (C=O) groups excluding carboxylic acids is 4. The number of benzene rings is 1. The van der Waals surface area contributed by atoms with E-state index in [2.05, 4.69) is 10.9 Å². The van der Waals surface area contributed by atoms with Gasteiger partial charge in [-0.3, -0.25) is 25.2 Å². The number of likely N-dealkylation sites (tertiary alicyclic amines) is 1. The van der Waals surface area contributed by atoms with Crippen LogP contribution in [0.15, 0.2) is 41.0 Å². The highest BCUT2D eigenvalue weighted by Crippen LogP contribution is 2.27. The summed E-state index contributed by atoms with van der Waals surface area (Å²) in [5, 5.41) is 0. The van der Waals surface area contributed by atoms with Gasteiger partial charge < -0.3 is 23.5 Å². The lowest BCUT2D eigenvalue weighted by molar-refractivity contribution is -0.152. The summed E-state index contributed by atoms with van der Waals surface area (Å²) in [5.41, 5.74) is 4.61. The van der Waals surface area contributed by atoms with E-state index < -0.39 is 36.3 Å². The van der Waals surface area contributed by atoms with Crippen molar-refractivity contribution in [3.63, 3.8) is 0 Å². The number of nitrogens with one attached hydrogen (secondary N) is 2. The number of hydrazine groups is 1. The summed E-state index contributed by atoms with van der Waals surface area (Å²) in [7, 11) is 2.90. The van der Waals surface area contributed by atoms with Crippen LogP contribution >= 0.6 is 0 Å². The molecule has 3 amide bonds. The molecule has 1 aliphatic heterocycles. The van der Waals surface area contributed by atoms with Crippen LogP contribution in [0.5, 0.6) is 11.5 Å². The van der Waals surface area contributed by atoms with Crippen molar-refractivity contribution in [3.8, 4) is 11.5 Å². The zero-order valence-corrected chi connectivity index (χ0v) is 17.6. The Bertz CT molecular complexity index is 989. The second-order valence-electron chi connectivity index (χ2n) is 6.81. The van der Waals surface area contributed by atoms with E-state index in [1.807, 2.05) is 0 Å². The molecule has 1 fully saturated rings. The number of rotatable bonds is 7. The molecule has 0 spiro atoms. The lowest BCUT2D eigenvalue weighted by atomic mass is 10.2. The van der Waals surface area contributed by atoms with E-state index in [4.69, 9.17) is 18.6 Å². The average Bonchev–Trinajstić information content (AvgIpc) is 3.52. The molecular formula is C21H23N3O8. The number of carbonyl (C=O) groups is 4. The molecule has 1 atom stereocenters. The lowest BCUT2D eigenvalue weighted by Crippen LogP contribution is -2.45. The van der Waals surface area contributed by atoms with Crippen LogP contribution in [0.3, 0.4) is 0 Å². The molecule has 3 rings (SSSR count). The molecule has 0 radical (unpaired) electrons. The molecule has 1 saturated heterocycles. The van der Waals surface area contributed by atoms with Gasteiger partial charge in [0.25, 0.3) is 17.7 Å². The fraction of sp³-hybridized carbons (Fsp3) is 0.333.